The van der Waals surface area contributed by atoms with Crippen molar-refractivity contribution in [3.8, 4) is 0 Å². The number of hydrogen-bond acceptors (Lipinski definition) is 4. The number of carbonyl (C=O) groups excluding carboxylic acids is 2. The number of rotatable bonds is 6. The first kappa shape index (κ1) is 15.7. The highest BCUT2D eigenvalue weighted by Gasteiger charge is 2.32. The van der Waals surface area contributed by atoms with Crippen LogP contribution in [0, 0.1) is 0 Å². The van der Waals surface area contributed by atoms with Crippen LogP contribution in [0.15, 0.2) is 30.5 Å². The Bertz CT molecular complexity index is 707. The number of benzene rings is 1. The van der Waals surface area contributed by atoms with E-state index in [1.54, 1.807) is 0 Å². The molecule has 2 aromatic rings. The maximum absolute atomic E-state index is 12.9. The fourth-order valence-electron chi connectivity index (χ4n) is 3.37. The molecule has 1 fully saturated rings. The molecule has 1 aliphatic heterocycles. The summed E-state index contributed by atoms with van der Waals surface area (Å²) in [4.78, 5) is 29.5. The number of hydrogen-bond donors (Lipinski definition) is 1. The number of ether oxygens (including phenoxy) is 1. The molecule has 0 amide bonds. The largest absolute Gasteiger partial charge is 0.469 e. The van der Waals surface area contributed by atoms with Crippen molar-refractivity contribution in [3.05, 3.63) is 36.0 Å². The van der Waals surface area contributed by atoms with Crippen LogP contribution in [0.3, 0.4) is 0 Å². The standard InChI is InChI=1S/C18H22N2O3/c1-23-17(21)9-5-11-20-10-4-8-16(20)18(22)14-12-19-15-7-3-2-6-13(14)15/h2-3,6-7,12,16,19H,4-5,8-11H2,1H3. The molecule has 1 saturated heterocycles. The van der Waals surface area contributed by atoms with Crippen LogP contribution in [-0.4, -0.2) is 47.9 Å². The first-order valence-corrected chi connectivity index (χ1v) is 8.12. The Balaban J connectivity index is 1.69. The topological polar surface area (TPSA) is 62.4 Å². The van der Waals surface area contributed by atoms with Crippen LogP contribution < -0.4 is 0 Å². The number of likely N-dealkylation sites (tertiary alicyclic amines) is 1. The minimum absolute atomic E-state index is 0.0770. The summed E-state index contributed by atoms with van der Waals surface area (Å²) in [5.41, 5.74) is 1.76. The number of esters is 1. The SMILES string of the molecule is COC(=O)CCCN1CCCC1C(=O)c1c[nH]c2ccccc12. The van der Waals surface area contributed by atoms with Crippen molar-refractivity contribution in [3.63, 3.8) is 0 Å². The summed E-state index contributed by atoms with van der Waals surface area (Å²) in [6, 6.07) is 7.80. The van der Waals surface area contributed by atoms with Crippen molar-refractivity contribution in [1.29, 1.82) is 0 Å². The number of nitrogens with one attached hydrogen (secondary N) is 1. The van der Waals surface area contributed by atoms with Crippen LogP contribution in [0.4, 0.5) is 0 Å². The van der Waals surface area contributed by atoms with E-state index >= 15 is 0 Å². The predicted octanol–water partition coefficient (Wildman–Crippen LogP) is 2.77. The molecule has 0 aliphatic carbocycles. The van der Waals surface area contributed by atoms with Crippen LogP contribution in [0.1, 0.15) is 36.0 Å². The smallest absolute Gasteiger partial charge is 0.305 e. The average Bonchev–Trinajstić information content (AvgIpc) is 3.20. The number of nitrogens with zero attached hydrogens (tertiary/aromatic N) is 1. The molecule has 0 saturated carbocycles. The lowest BCUT2D eigenvalue weighted by Crippen LogP contribution is -2.36. The molecule has 5 heteroatoms. The van der Waals surface area contributed by atoms with Gasteiger partial charge in [-0.2, -0.15) is 0 Å². The van der Waals surface area contributed by atoms with E-state index in [0.717, 1.165) is 48.8 Å². The number of Topliss-reactive ketones (excluding diaryl/α,β-unsaturated/α-hetero) is 1. The molecule has 1 atom stereocenters. The van der Waals surface area contributed by atoms with Gasteiger partial charge in [0, 0.05) is 29.1 Å². The van der Waals surface area contributed by atoms with Crippen molar-refractivity contribution < 1.29 is 14.3 Å². The number of aromatic nitrogens is 1. The number of methoxy groups -OCH3 is 1. The Labute approximate surface area is 135 Å². The number of carbonyl (C=O) groups is 2. The summed E-state index contributed by atoms with van der Waals surface area (Å²) in [5, 5.41) is 0.985. The fourth-order valence-corrected chi connectivity index (χ4v) is 3.37. The van der Waals surface area contributed by atoms with E-state index in [4.69, 9.17) is 0 Å². The van der Waals surface area contributed by atoms with Gasteiger partial charge >= 0.3 is 5.97 Å². The number of aromatic amines is 1. The third-order valence-corrected chi connectivity index (χ3v) is 4.57. The first-order chi connectivity index (χ1) is 11.2. The zero-order valence-electron chi connectivity index (χ0n) is 13.4. The summed E-state index contributed by atoms with van der Waals surface area (Å²) in [7, 11) is 1.40. The second-order valence-corrected chi connectivity index (χ2v) is 5.99. The molecule has 2 heterocycles. The van der Waals surface area contributed by atoms with Crippen LogP contribution in [0.2, 0.25) is 0 Å². The number of fused-ring (bicyclic) bond motifs is 1. The van der Waals surface area contributed by atoms with Gasteiger partial charge < -0.3 is 9.72 Å². The number of H-pyrrole nitrogens is 1. The molecule has 122 valence electrons. The molecule has 5 nitrogen and oxygen atoms in total. The van der Waals surface area contributed by atoms with Crippen molar-refractivity contribution in [2.24, 2.45) is 0 Å². The van der Waals surface area contributed by atoms with Gasteiger partial charge in [0.1, 0.15) is 0 Å². The van der Waals surface area contributed by atoms with Gasteiger partial charge in [0.25, 0.3) is 0 Å². The third kappa shape index (κ3) is 3.29. The highest BCUT2D eigenvalue weighted by molar-refractivity contribution is 6.10. The van der Waals surface area contributed by atoms with Crippen LogP contribution in [-0.2, 0) is 9.53 Å². The van der Waals surface area contributed by atoms with E-state index in [1.807, 2.05) is 30.5 Å². The van der Waals surface area contributed by atoms with E-state index < -0.39 is 0 Å². The highest BCUT2D eigenvalue weighted by atomic mass is 16.5. The third-order valence-electron chi connectivity index (χ3n) is 4.57. The molecule has 0 radical (unpaired) electrons. The minimum atomic E-state index is -0.191. The summed E-state index contributed by atoms with van der Waals surface area (Å²) in [6.07, 6.45) is 4.86. The number of para-hydroxylation sites is 1. The molecule has 1 unspecified atom stereocenters. The Kier molecular flexibility index (Phi) is 4.76. The van der Waals surface area contributed by atoms with Gasteiger partial charge in [0.2, 0.25) is 0 Å². The van der Waals surface area contributed by atoms with Gasteiger partial charge in [-0.05, 0) is 38.4 Å². The van der Waals surface area contributed by atoms with Crippen LogP contribution in [0.25, 0.3) is 10.9 Å². The number of ketones is 1. The van der Waals surface area contributed by atoms with E-state index in [1.165, 1.54) is 7.11 Å². The van der Waals surface area contributed by atoms with Gasteiger partial charge in [0.05, 0.1) is 13.2 Å². The molecule has 1 aromatic carbocycles. The summed E-state index contributed by atoms with van der Waals surface area (Å²) in [5.74, 6) is -0.0123. The Morgan fingerprint density at radius 1 is 1.35 bits per heavy atom. The van der Waals surface area contributed by atoms with Crippen molar-refractivity contribution >= 4 is 22.7 Å². The molecule has 0 bridgehead atoms. The van der Waals surface area contributed by atoms with Gasteiger partial charge in [-0.15, -0.1) is 0 Å². The molecule has 1 aliphatic rings. The molecule has 1 aromatic heterocycles. The van der Waals surface area contributed by atoms with Crippen molar-refractivity contribution in [1.82, 2.24) is 9.88 Å². The highest BCUT2D eigenvalue weighted by Crippen LogP contribution is 2.25. The van der Waals surface area contributed by atoms with Crippen molar-refractivity contribution in [2.45, 2.75) is 31.7 Å². The molecular weight excluding hydrogens is 292 g/mol. The lowest BCUT2D eigenvalue weighted by Gasteiger charge is -2.23. The summed E-state index contributed by atoms with van der Waals surface area (Å²) < 4.78 is 4.67. The quantitative estimate of drug-likeness (QED) is 0.658. The van der Waals surface area contributed by atoms with Gasteiger partial charge in [-0.25, -0.2) is 0 Å². The van der Waals surface area contributed by atoms with Gasteiger partial charge in [-0.3, -0.25) is 14.5 Å². The normalized spacial score (nSPS) is 18.4. The maximum Gasteiger partial charge on any atom is 0.305 e. The second kappa shape index (κ2) is 6.96. The van der Waals surface area contributed by atoms with Crippen molar-refractivity contribution in [2.75, 3.05) is 20.2 Å². The van der Waals surface area contributed by atoms with E-state index in [9.17, 15) is 9.59 Å². The fraction of sp³-hybridized carbons (Fsp3) is 0.444. The van der Waals surface area contributed by atoms with Gasteiger partial charge in [-0.1, -0.05) is 18.2 Å². The van der Waals surface area contributed by atoms with Crippen LogP contribution in [0.5, 0.6) is 0 Å². The zero-order valence-corrected chi connectivity index (χ0v) is 13.4. The monoisotopic (exact) mass is 314 g/mol. The Morgan fingerprint density at radius 3 is 3.00 bits per heavy atom. The van der Waals surface area contributed by atoms with Crippen LogP contribution >= 0.6 is 0 Å². The predicted molar refractivity (Wildman–Crippen MR) is 88.5 cm³/mol. The zero-order chi connectivity index (χ0) is 16.2. The summed E-state index contributed by atoms with van der Waals surface area (Å²) >= 11 is 0. The first-order valence-electron chi connectivity index (χ1n) is 8.12. The lowest BCUT2D eigenvalue weighted by atomic mass is 10.0. The molecule has 1 N–H and O–H groups in total. The van der Waals surface area contributed by atoms with E-state index in [2.05, 4.69) is 14.6 Å². The molecule has 0 spiro atoms. The maximum atomic E-state index is 12.9. The van der Waals surface area contributed by atoms with E-state index in [-0.39, 0.29) is 17.8 Å². The summed E-state index contributed by atoms with van der Waals surface area (Å²) in [6.45, 7) is 1.67. The molecular formula is C18H22N2O3. The molecule has 3 rings (SSSR count). The van der Waals surface area contributed by atoms with E-state index in [0.29, 0.717) is 6.42 Å². The Hall–Kier alpha value is -2.14. The molecule has 23 heavy (non-hydrogen) atoms. The minimum Gasteiger partial charge on any atom is -0.469 e. The lowest BCUT2D eigenvalue weighted by molar-refractivity contribution is -0.140. The second-order valence-electron chi connectivity index (χ2n) is 5.99. The Morgan fingerprint density at radius 2 is 2.17 bits per heavy atom. The average molecular weight is 314 g/mol. The van der Waals surface area contributed by atoms with Gasteiger partial charge in [0.15, 0.2) is 5.78 Å².